The fraction of sp³-hybridized carbons (Fsp3) is 0.0833. The Morgan fingerprint density at radius 3 is 2.57 bits per heavy atom. The van der Waals surface area contributed by atoms with E-state index in [9.17, 15) is 4.79 Å². The van der Waals surface area contributed by atoms with Gasteiger partial charge in [-0.2, -0.15) is 0 Å². The number of halogens is 2. The molecule has 0 fully saturated rings. The van der Waals surface area contributed by atoms with E-state index in [1.54, 1.807) is 6.08 Å². The fourth-order valence-corrected chi connectivity index (χ4v) is 3.63. The van der Waals surface area contributed by atoms with Gasteiger partial charge < -0.3 is 9.47 Å². The number of carbonyl (C=O) groups excluding carboxylic acids is 1. The molecule has 6 heteroatoms. The average Bonchev–Trinajstić information content (AvgIpc) is 3.11. The van der Waals surface area contributed by atoms with Crippen molar-refractivity contribution in [2.75, 3.05) is 0 Å². The summed E-state index contributed by atoms with van der Waals surface area (Å²) in [6, 6.07) is 21.6. The van der Waals surface area contributed by atoms with Gasteiger partial charge in [-0.15, -0.1) is 0 Å². The normalized spacial score (nSPS) is 14.6. The molecular weight excluding hydrogens is 604 g/mol. The summed E-state index contributed by atoms with van der Waals surface area (Å²) in [5.74, 6) is 0.543. The van der Waals surface area contributed by atoms with E-state index in [2.05, 4.69) is 50.2 Å². The third-order valence-corrected chi connectivity index (χ3v) is 6.47. The molecule has 3 aromatic rings. The van der Waals surface area contributed by atoms with Gasteiger partial charge in [0, 0.05) is 18.3 Å². The van der Waals surface area contributed by atoms with Crippen molar-refractivity contribution in [3.05, 3.63) is 102 Å². The first-order valence-corrected chi connectivity index (χ1v) is 11.4. The molecule has 0 amide bonds. The molecule has 3 aromatic carbocycles. The first kappa shape index (κ1) is 21.0. The number of ether oxygens (including phenoxy) is 2. The quantitative estimate of drug-likeness (QED) is 0.196. The van der Waals surface area contributed by atoms with Crippen LogP contribution in [0.1, 0.15) is 22.3 Å². The number of rotatable bonds is 5. The van der Waals surface area contributed by atoms with Crippen LogP contribution in [0.2, 0.25) is 0 Å². The van der Waals surface area contributed by atoms with Crippen LogP contribution in [-0.4, -0.2) is 11.9 Å². The van der Waals surface area contributed by atoms with Crippen molar-refractivity contribution >= 4 is 63.1 Å². The highest BCUT2D eigenvalue weighted by molar-refractivity contribution is 14.1. The van der Waals surface area contributed by atoms with Gasteiger partial charge >= 0.3 is 5.97 Å². The van der Waals surface area contributed by atoms with Crippen LogP contribution < -0.4 is 4.74 Å². The highest BCUT2D eigenvalue weighted by Gasteiger charge is 2.24. The summed E-state index contributed by atoms with van der Waals surface area (Å²) in [7, 11) is 0. The van der Waals surface area contributed by atoms with Crippen molar-refractivity contribution < 1.29 is 14.3 Å². The lowest BCUT2D eigenvalue weighted by Crippen LogP contribution is -2.05. The molecule has 4 nitrogen and oxygen atoms in total. The zero-order valence-electron chi connectivity index (χ0n) is 16.1. The Labute approximate surface area is 202 Å². The van der Waals surface area contributed by atoms with Gasteiger partial charge in [0.1, 0.15) is 12.4 Å². The SMILES string of the molecule is Cc1cc(C2=N/C(=C\c3ccccc3OCc3ccc(I)cc3)C(=O)O2)ccc1I. The summed E-state index contributed by atoms with van der Waals surface area (Å²) in [5.41, 5.74) is 4.00. The minimum atomic E-state index is -0.464. The first-order chi connectivity index (χ1) is 14.5. The number of esters is 1. The van der Waals surface area contributed by atoms with E-state index < -0.39 is 5.97 Å². The summed E-state index contributed by atoms with van der Waals surface area (Å²) in [4.78, 5) is 16.8. The lowest BCUT2D eigenvalue weighted by atomic mass is 10.1. The van der Waals surface area contributed by atoms with Gasteiger partial charge in [0.25, 0.3) is 0 Å². The molecule has 1 aliphatic rings. The lowest BCUT2D eigenvalue weighted by Gasteiger charge is -2.09. The van der Waals surface area contributed by atoms with Gasteiger partial charge in [0.2, 0.25) is 5.90 Å². The molecule has 0 atom stereocenters. The van der Waals surface area contributed by atoms with Gasteiger partial charge in [0.05, 0.1) is 0 Å². The van der Waals surface area contributed by atoms with Crippen LogP contribution in [0, 0.1) is 14.1 Å². The third-order valence-electron chi connectivity index (χ3n) is 4.54. The van der Waals surface area contributed by atoms with Crippen LogP contribution in [0.5, 0.6) is 5.75 Å². The number of aryl methyl sites for hydroxylation is 1. The number of hydrogen-bond acceptors (Lipinski definition) is 4. The molecule has 0 radical (unpaired) electrons. The van der Waals surface area contributed by atoms with E-state index in [4.69, 9.17) is 9.47 Å². The van der Waals surface area contributed by atoms with E-state index in [1.165, 1.54) is 3.57 Å². The Morgan fingerprint density at radius 2 is 1.80 bits per heavy atom. The van der Waals surface area contributed by atoms with Crippen LogP contribution in [-0.2, 0) is 16.1 Å². The van der Waals surface area contributed by atoms with E-state index in [0.29, 0.717) is 18.3 Å². The molecule has 0 aliphatic carbocycles. The molecule has 0 bridgehead atoms. The molecule has 0 saturated carbocycles. The number of aliphatic imine (C=N–C) groups is 1. The van der Waals surface area contributed by atoms with Gasteiger partial charge in [0.15, 0.2) is 5.70 Å². The molecule has 0 aromatic heterocycles. The minimum Gasteiger partial charge on any atom is -0.488 e. The Balaban J connectivity index is 1.58. The predicted octanol–water partition coefficient (Wildman–Crippen LogP) is 6.13. The van der Waals surface area contributed by atoms with Crippen LogP contribution >= 0.6 is 45.2 Å². The molecule has 4 rings (SSSR count). The predicted molar refractivity (Wildman–Crippen MR) is 134 cm³/mol. The van der Waals surface area contributed by atoms with E-state index in [-0.39, 0.29) is 5.70 Å². The van der Waals surface area contributed by atoms with Crippen molar-refractivity contribution in [3.63, 3.8) is 0 Å². The smallest absolute Gasteiger partial charge is 0.363 e. The third kappa shape index (κ3) is 4.92. The maximum Gasteiger partial charge on any atom is 0.363 e. The summed E-state index contributed by atoms with van der Waals surface area (Å²) >= 11 is 4.55. The number of carbonyl (C=O) groups is 1. The molecule has 0 saturated heterocycles. The topological polar surface area (TPSA) is 47.9 Å². The van der Waals surface area contributed by atoms with Crippen LogP contribution in [0.3, 0.4) is 0 Å². The standard InChI is InChI=1S/C24H17I2NO3/c1-15-12-18(8-11-20(15)26)23-27-21(24(28)30-23)13-17-4-2-3-5-22(17)29-14-16-6-9-19(25)10-7-16/h2-13H,14H2,1H3/b21-13-. The van der Waals surface area contributed by atoms with E-state index >= 15 is 0 Å². The van der Waals surface area contributed by atoms with Crippen LogP contribution in [0.15, 0.2) is 77.4 Å². The maximum atomic E-state index is 12.4. The summed E-state index contributed by atoms with van der Waals surface area (Å²) in [6.45, 7) is 2.46. The second kappa shape index (κ2) is 9.30. The number of hydrogen-bond donors (Lipinski definition) is 0. The summed E-state index contributed by atoms with van der Waals surface area (Å²) in [5, 5.41) is 0. The van der Waals surface area contributed by atoms with Gasteiger partial charge in [-0.05, 0) is 106 Å². The Hall–Kier alpha value is -2.20. The average molecular weight is 621 g/mol. The second-order valence-electron chi connectivity index (χ2n) is 6.75. The molecule has 0 unspecified atom stereocenters. The summed E-state index contributed by atoms with van der Waals surface area (Å²) < 4.78 is 13.7. The molecule has 0 spiro atoms. The van der Waals surface area contributed by atoms with Crippen LogP contribution in [0.4, 0.5) is 0 Å². The zero-order valence-corrected chi connectivity index (χ0v) is 20.4. The van der Waals surface area contributed by atoms with Crippen molar-refractivity contribution in [2.24, 2.45) is 4.99 Å². The highest BCUT2D eigenvalue weighted by Crippen LogP contribution is 2.26. The van der Waals surface area contributed by atoms with Crippen molar-refractivity contribution in [1.29, 1.82) is 0 Å². The number of nitrogens with zero attached hydrogens (tertiary/aromatic N) is 1. The number of cyclic esters (lactones) is 1. The Bertz CT molecular complexity index is 1170. The maximum absolute atomic E-state index is 12.4. The largest absolute Gasteiger partial charge is 0.488 e. The Kier molecular flexibility index (Phi) is 6.52. The molecule has 1 aliphatic heterocycles. The van der Waals surface area contributed by atoms with Gasteiger partial charge in [-0.3, -0.25) is 0 Å². The fourth-order valence-electron chi connectivity index (χ4n) is 2.93. The highest BCUT2D eigenvalue weighted by atomic mass is 127. The molecule has 0 N–H and O–H groups in total. The number of para-hydroxylation sites is 1. The van der Waals surface area contributed by atoms with E-state index in [0.717, 1.165) is 25.8 Å². The van der Waals surface area contributed by atoms with Crippen LogP contribution in [0.25, 0.3) is 6.08 Å². The second-order valence-corrected chi connectivity index (χ2v) is 9.16. The molecular formula is C24H17I2NO3. The van der Waals surface area contributed by atoms with E-state index in [1.807, 2.05) is 73.7 Å². The molecule has 1 heterocycles. The molecule has 30 heavy (non-hydrogen) atoms. The zero-order chi connectivity index (χ0) is 21.1. The summed E-state index contributed by atoms with van der Waals surface area (Å²) in [6.07, 6.45) is 1.71. The van der Waals surface area contributed by atoms with Crippen molar-refractivity contribution in [3.8, 4) is 5.75 Å². The number of benzene rings is 3. The Morgan fingerprint density at radius 1 is 1.03 bits per heavy atom. The first-order valence-electron chi connectivity index (χ1n) is 9.25. The molecule has 150 valence electrons. The lowest BCUT2D eigenvalue weighted by molar-refractivity contribution is -0.129. The van der Waals surface area contributed by atoms with Gasteiger partial charge in [-0.25, -0.2) is 9.79 Å². The van der Waals surface area contributed by atoms with Gasteiger partial charge in [-0.1, -0.05) is 30.3 Å². The van der Waals surface area contributed by atoms with Crippen molar-refractivity contribution in [2.45, 2.75) is 13.5 Å². The van der Waals surface area contributed by atoms with Crippen molar-refractivity contribution in [1.82, 2.24) is 0 Å². The monoisotopic (exact) mass is 621 g/mol. The minimum absolute atomic E-state index is 0.256.